The first-order valence-corrected chi connectivity index (χ1v) is 17.0. The van der Waals surface area contributed by atoms with Crippen molar-refractivity contribution < 1.29 is 25.9 Å². The molecule has 0 spiro atoms. The van der Waals surface area contributed by atoms with E-state index in [1.54, 1.807) is 23.9 Å². The van der Waals surface area contributed by atoms with E-state index < -0.39 is 20.2 Å². The fraction of sp³-hybridized carbons (Fsp3) is 0.200. The van der Waals surface area contributed by atoms with Gasteiger partial charge in [0.1, 0.15) is 0 Å². The van der Waals surface area contributed by atoms with Crippen molar-refractivity contribution in [3.8, 4) is 0 Å². The summed E-state index contributed by atoms with van der Waals surface area (Å²) in [5.74, 6) is 0. The molecule has 4 aromatic rings. The van der Waals surface area contributed by atoms with Gasteiger partial charge in [0.2, 0.25) is 0 Å². The van der Waals surface area contributed by atoms with Gasteiger partial charge in [0, 0.05) is 47.3 Å². The van der Waals surface area contributed by atoms with Gasteiger partial charge in [-0.05, 0) is 85.6 Å². The monoisotopic (exact) mass is 649 g/mol. The number of nitrogens with one attached hydrogen (secondary N) is 1. The van der Waals surface area contributed by atoms with E-state index in [0.29, 0.717) is 26.2 Å². The molecule has 0 bridgehead atoms. The van der Waals surface area contributed by atoms with E-state index in [1.165, 1.54) is 24.3 Å². The third-order valence-electron chi connectivity index (χ3n) is 7.05. The van der Waals surface area contributed by atoms with Gasteiger partial charge in [-0.3, -0.25) is 9.11 Å². The van der Waals surface area contributed by atoms with Gasteiger partial charge < -0.3 is 15.1 Å². The molecule has 0 unspecified atom stereocenters. The predicted molar refractivity (Wildman–Crippen MR) is 173 cm³/mol. The Kier molecular flexibility index (Phi) is 10.6. The Labute approximate surface area is 279 Å². The standard InChI is InChI=1S/C30H31N3O6S3.Na.H/c1-3-32(19-21-7-5-9-25(15-21)41(34,35)36)23-11-13-27-29(17-23)40-30-18-24(12-14-28(30)31-27)33(4-2)20-22-8-6-10-26(16-22)42(37,38)39;;/h5-18,31H,3-4,19-20H2,1-2H3,(H,34,35,36)(H,37,38,39);;. The van der Waals surface area contributed by atoms with Gasteiger partial charge in [0.15, 0.2) is 0 Å². The van der Waals surface area contributed by atoms with Crippen LogP contribution in [0.5, 0.6) is 0 Å². The average molecular weight is 650 g/mol. The van der Waals surface area contributed by atoms with Gasteiger partial charge in [-0.1, -0.05) is 36.0 Å². The minimum atomic E-state index is -4.28. The van der Waals surface area contributed by atoms with Crippen LogP contribution < -0.4 is 15.1 Å². The van der Waals surface area contributed by atoms with E-state index in [9.17, 15) is 25.9 Å². The molecule has 0 aliphatic carbocycles. The second kappa shape index (κ2) is 13.6. The van der Waals surface area contributed by atoms with Crippen LogP contribution in [0.15, 0.2) is 105 Å². The molecule has 9 nitrogen and oxygen atoms in total. The first-order valence-electron chi connectivity index (χ1n) is 13.3. The Morgan fingerprint density at radius 3 is 1.44 bits per heavy atom. The van der Waals surface area contributed by atoms with Crippen molar-refractivity contribution in [3.05, 3.63) is 96.1 Å². The SMILES string of the molecule is CCN(Cc1cccc(S(=O)(=O)O)c1)c1ccc2c(c1)Sc1cc(N(CC)Cc3cccc(S(=O)(=O)O)c3)ccc1N2.[NaH]. The molecule has 4 aromatic carbocycles. The fourth-order valence-corrected chi connectivity index (χ4v) is 7.03. The molecule has 0 atom stereocenters. The van der Waals surface area contributed by atoms with E-state index >= 15 is 0 Å². The summed E-state index contributed by atoms with van der Waals surface area (Å²) in [7, 11) is -8.56. The zero-order valence-electron chi connectivity index (χ0n) is 23.1. The maximum absolute atomic E-state index is 11.6. The zero-order chi connectivity index (χ0) is 30.1. The molecule has 1 aliphatic rings. The van der Waals surface area contributed by atoms with Crippen LogP contribution in [0.1, 0.15) is 25.0 Å². The van der Waals surface area contributed by atoms with Crippen LogP contribution in [-0.4, -0.2) is 68.6 Å². The predicted octanol–water partition coefficient (Wildman–Crippen LogP) is 5.79. The molecule has 0 amide bonds. The van der Waals surface area contributed by atoms with Gasteiger partial charge in [-0.2, -0.15) is 16.8 Å². The first-order chi connectivity index (χ1) is 19.9. The maximum atomic E-state index is 11.6. The molecule has 3 N–H and O–H groups in total. The molecule has 1 heterocycles. The molecule has 222 valence electrons. The molecule has 43 heavy (non-hydrogen) atoms. The summed E-state index contributed by atoms with van der Waals surface area (Å²) in [6.45, 7) is 6.40. The van der Waals surface area contributed by atoms with Crippen molar-refractivity contribution >= 4 is 84.3 Å². The summed E-state index contributed by atoms with van der Waals surface area (Å²) in [6.07, 6.45) is 0. The normalized spacial score (nSPS) is 12.4. The van der Waals surface area contributed by atoms with Gasteiger partial charge in [-0.25, -0.2) is 0 Å². The fourth-order valence-electron chi connectivity index (χ4n) is 4.88. The summed E-state index contributed by atoms with van der Waals surface area (Å²) in [6, 6.07) is 25.0. The van der Waals surface area contributed by atoms with Gasteiger partial charge in [-0.15, -0.1) is 0 Å². The molecular weight excluding hydrogens is 618 g/mol. The van der Waals surface area contributed by atoms with Crippen LogP contribution in [0.4, 0.5) is 22.7 Å². The Bertz CT molecular complexity index is 1720. The van der Waals surface area contributed by atoms with E-state index in [4.69, 9.17) is 0 Å². The van der Waals surface area contributed by atoms with Crippen LogP contribution >= 0.6 is 11.8 Å². The Hall–Kier alpha value is -2.55. The Balaban J connectivity index is 0.00000423. The molecule has 0 saturated heterocycles. The number of hydrogen-bond acceptors (Lipinski definition) is 8. The van der Waals surface area contributed by atoms with Crippen molar-refractivity contribution in [1.82, 2.24) is 0 Å². The second-order valence-corrected chi connectivity index (χ2v) is 13.8. The molecule has 0 saturated carbocycles. The molecule has 5 rings (SSSR count). The summed E-state index contributed by atoms with van der Waals surface area (Å²) >= 11 is 1.65. The number of fused-ring (bicyclic) bond motifs is 2. The minimum absolute atomic E-state index is 0. The number of benzene rings is 4. The Morgan fingerprint density at radius 2 is 1.07 bits per heavy atom. The third-order valence-corrected chi connectivity index (χ3v) is 9.87. The van der Waals surface area contributed by atoms with Crippen LogP contribution in [0.25, 0.3) is 0 Å². The van der Waals surface area contributed by atoms with E-state index in [2.05, 4.69) is 27.2 Å². The summed E-state index contributed by atoms with van der Waals surface area (Å²) in [5.41, 5.74) is 5.48. The molecule has 0 aromatic heterocycles. The number of anilines is 4. The zero-order valence-corrected chi connectivity index (χ0v) is 25.5. The van der Waals surface area contributed by atoms with Crippen molar-refractivity contribution in [1.29, 1.82) is 0 Å². The average Bonchev–Trinajstić information content (AvgIpc) is 2.96. The quantitative estimate of drug-likeness (QED) is 0.126. The number of hydrogen-bond donors (Lipinski definition) is 3. The third kappa shape index (κ3) is 7.95. The number of nitrogens with zero attached hydrogens (tertiary/aromatic N) is 2. The van der Waals surface area contributed by atoms with Crippen LogP contribution in [-0.2, 0) is 33.3 Å². The van der Waals surface area contributed by atoms with Crippen molar-refractivity contribution in [2.45, 2.75) is 46.5 Å². The van der Waals surface area contributed by atoms with Gasteiger partial charge >= 0.3 is 29.6 Å². The first kappa shape index (κ1) is 33.3. The van der Waals surface area contributed by atoms with Gasteiger partial charge in [0.05, 0.1) is 21.2 Å². The summed E-state index contributed by atoms with van der Waals surface area (Å²) in [4.78, 5) is 6.12. The van der Waals surface area contributed by atoms with Crippen LogP contribution in [0.3, 0.4) is 0 Å². The second-order valence-electron chi connectivity index (χ2n) is 9.86. The molecule has 1 aliphatic heterocycles. The van der Waals surface area contributed by atoms with Gasteiger partial charge in [0.25, 0.3) is 20.2 Å². The van der Waals surface area contributed by atoms with Crippen molar-refractivity contribution in [2.24, 2.45) is 0 Å². The molecular formula is C30H32N3NaO6S3. The van der Waals surface area contributed by atoms with E-state index in [0.717, 1.165) is 43.7 Å². The van der Waals surface area contributed by atoms with E-state index in [1.807, 2.05) is 50.2 Å². The van der Waals surface area contributed by atoms with Crippen LogP contribution in [0, 0.1) is 0 Å². The Morgan fingerprint density at radius 1 is 0.651 bits per heavy atom. The van der Waals surface area contributed by atoms with Crippen molar-refractivity contribution in [2.75, 3.05) is 28.2 Å². The topological polar surface area (TPSA) is 127 Å². The van der Waals surface area contributed by atoms with Crippen LogP contribution in [0.2, 0.25) is 0 Å². The summed E-state index contributed by atoms with van der Waals surface area (Å²) < 4.78 is 65.2. The van der Waals surface area contributed by atoms with E-state index in [-0.39, 0.29) is 39.3 Å². The number of rotatable bonds is 10. The summed E-state index contributed by atoms with van der Waals surface area (Å²) in [5, 5.41) is 3.51. The molecule has 0 fully saturated rings. The van der Waals surface area contributed by atoms with Crippen molar-refractivity contribution in [3.63, 3.8) is 0 Å². The molecule has 0 radical (unpaired) electrons. The molecule has 13 heteroatoms.